The summed E-state index contributed by atoms with van der Waals surface area (Å²) in [6, 6.07) is 2.01. The van der Waals surface area contributed by atoms with Gasteiger partial charge in [0, 0.05) is 22.4 Å². The van der Waals surface area contributed by atoms with E-state index in [4.69, 9.17) is 11.6 Å². The van der Waals surface area contributed by atoms with Crippen molar-refractivity contribution >= 4 is 38.9 Å². The second kappa shape index (κ2) is 6.53. The van der Waals surface area contributed by atoms with Gasteiger partial charge in [0.05, 0.1) is 5.60 Å². The Kier molecular flexibility index (Phi) is 5.93. The minimum atomic E-state index is -0.646. The molecule has 0 fully saturated rings. The van der Waals surface area contributed by atoms with Gasteiger partial charge in [-0.25, -0.2) is 0 Å². The highest BCUT2D eigenvalue weighted by atomic mass is 79.9. The highest BCUT2D eigenvalue weighted by molar-refractivity contribution is 9.10. The first kappa shape index (κ1) is 15.4. The molecule has 0 aliphatic carbocycles. The summed E-state index contributed by atoms with van der Waals surface area (Å²) < 4.78 is 1.71. The molecular weight excluding hydrogens is 322 g/mol. The molecule has 1 heterocycles. The van der Waals surface area contributed by atoms with Crippen molar-refractivity contribution in [2.45, 2.75) is 39.3 Å². The van der Waals surface area contributed by atoms with Gasteiger partial charge in [-0.3, -0.25) is 0 Å². The molecule has 1 aromatic rings. The number of hydrogen-bond acceptors (Lipinski definition) is 3. The fourth-order valence-corrected chi connectivity index (χ4v) is 3.65. The number of halogens is 2. The lowest BCUT2D eigenvalue weighted by Crippen LogP contribution is -2.38. The third kappa shape index (κ3) is 5.71. The highest BCUT2D eigenvalue weighted by Gasteiger charge is 2.21. The lowest BCUT2D eigenvalue weighted by atomic mass is 9.94. The van der Waals surface area contributed by atoms with E-state index in [9.17, 15) is 5.11 Å². The smallest absolute Gasteiger partial charge is 0.107 e. The summed E-state index contributed by atoms with van der Waals surface area (Å²) in [7, 11) is 0. The lowest BCUT2D eigenvalue weighted by molar-refractivity contribution is 0.0384. The summed E-state index contributed by atoms with van der Waals surface area (Å²) in [6.45, 7) is 7.44. The normalized spacial score (nSPS) is 15.2. The van der Waals surface area contributed by atoms with Crippen LogP contribution >= 0.6 is 38.9 Å². The van der Waals surface area contributed by atoms with Crippen LogP contribution in [0.25, 0.3) is 0 Å². The standard InChI is InChI=1S/C12H19BrClNOS/c1-8(2)5-12(3,16)7-15-6-9-4-10(13)11(14)17-9/h4,8,15-16H,5-7H2,1-3H3. The van der Waals surface area contributed by atoms with Gasteiger partial charge in [-0.15, -0.1) is 11.3 Å². The summed E-state index contributed by atoms with van der Waals surface area (Å²) in [5.74, 6) is 0.497. The van der Waals surface area contributed by atoms with Crippen LogP contribution in [0.5, 0.6) is 0 Å². The van der Waals surface area contributed by atoms with Crippen LogP contribution in [0.3, 0.4) is 0 Å². The van der Waals surface area contributed by atoms with Crippen LogP contribution in [0.15, 0.2) is 10.5 Å². The van der Waals surface area contributed by atoms with E-state index in [2.05, 4.69) is 35.1 Å². The number of hydrogen-bond donors (Lipinski definition) is 2. The molecule has 0 bridgehead atoms. The van der Waals surface area contributed by atoms with Gasteiger partial charge in [0.1, 0.15) is 4.34 Å². The van der Waals surface area contributed by atoms with Gasteiger partial charge >= 0.3 is 0 Å². The predicted molar refractivity (Wildman–Crippen MR) is 78.8 cm³/mol. The second-order valence-corrected chi connectivity index (χ2v) is 7.63. The van der Waals surface area contributed by atoms with Crippen LogP contribution in [0, 0.1) is 5.92 Å². The molecule has 0 radical (unpaired) electrons. The molecule has 1 unspecified atom stereocenters. The maximum Gasteiger partial charge on any atom is 0.107 e. The first-order valence-electron chi connectivity index (χ1n) is 5.67. The molecule has 98 valence electrons. The van der Waals surface area contributed by atoms with Gasteiger partial charge in [-0.1, -0.05) is 25.4 Å². The topological polar surface area (TPSA) is 32.3 Å². The Hall–Kier alpha value is 0.390. The molecule has 0 saturated heterocycles. The molecule has 2 N–H and O–H groups in total. The van der Waals surface area contributed by atoms with Crippen LogP contribution in [0.2, 0.25) is 4.34 Å². The molecule has 17 heavy (non-hydrogen) atoms. The van der Waals surface area contributed by atoms with Gasteiger partial charge in [-0.2, -0.15) is 0 Å². The van der Waals surface area contributed by atoms with E-state index in [-0.39, 0.29) is 0 Å². The Balaban J connectivity index is 2.37. The second-order valence-electron chi connectivity index (χ2n) is 5.03. The molecule has 0 aliphatic heterocycles. The SMILES string of the molecule is CC(C)CC(C)(O)CNCc1cc(Br)c(Cl)s1. The van der Waals surface area contributed by atoms with Crippen molar-refractivity contribution in [3.8, 4) is 0 Å². The van der Waals surface area contributed by atoms with Crippen molar-refractivity contribution in [1.82, 2.24) is 5.32 Å². The fourth-order valence-electron chi connectivity index (χ4n) is 1.89. The molecular formula is C12H19BrClNOS. The molecule has 1 aromatic heterocycles. The van der Waals surface area contributed by atoms with Crippen molar-refractivity contribution in [3.05, 3.63) is 19.8 Å². The zero-order chi connectivity index (χ0) is 13.1. The van der Waals surface area contributed by atoms with Crippen molar-refractivity contribution < 1.29 is 5.11 Å². The minimum absolute atomic E-state index is 0.497. The molecule has 0 spiro atoms. The van der Waals surface area contributed by atoms with E-state index >= 15 is 0 Å². The van der Waals surface area contributed by atoms with Gasteiger partial charge in [0.2, 0.25) is 0 Å². The fraction of sp³-hybridized carbons (Fsp3) is 0.667. The van der Waals surface area contributed by atoms with Crippen molar-refractivity contribution in [3.63, 3.8) is 0 Å². The van der Waals surface area contributed by atoms with Gasteiger partial charge < -0.3 is 10.4 Å². The van der Waals surface area contributed by atoms with Gasteiger partial charge in [-0.05, 0) is 41.3 Å². The van der Waals surface area contributed by atoms with E-state index in [1.807, 2.05) is 13.0 Å². The number of thiophene rings is 1. The third-order valence-corrected chi connectivity index (χ3v) is 4.82. The Morgan fingerprint density at radius 2 is 2.24 bits per heavy atom. The molecule has 0 saturated carbocycles. The zero-order valence-electron chi connectivity index (χ0n) is 10.4. The summed E-state index contributed by atoms with van der Waals surface area (Å²) >= 11 is 10.9. The maximum absolute atomic E-state index is 10.1. The van der Waals surface area contributed by atoms with Gasteiger partial charge in [0.15, 0.2) is 0 Å². The molecule has 0 amide bonds. The van der Waals surface area contributed by atoms with E-state index < -0.39 is 5.60 Å². The number of nitrogens with one attached hydrogen (secondary N) is 1. The quantitative estimate of drug-likeness (QED) is 0.819. The molecule has 0 aromatic carbocycles. The molecule has 1 rings (SSSR count). The summed E-state index contributed by atoms with van der Waals surface area (Å²) in [6.07, 6.45) is 0.800. The lowest BCUT2D eigenvalue weighted by Gasteiger charge is -2.25. The maximum atomic E-state index is 10.1. The van der Waals surface area contributed by atoms with Crippen LogP contribution in [0.1, 0.15) is 32.1 Å². The first-order valence-corrected chi connectivity index (χ1v) is 7.66. The monoisotopic (exact) mass is 339 g/mol. The Morgan fingerprint density at radius 1 is 1.59 bits per heavy atom. The zero-order valence-corrected chi connectivity index (χ0v) is 13.5. The van der Waals surface area contributed by atoms with E-state index in [1.165, 1.54) is 4.88 Å². The van der Waals surface area contributed by atoms with Crippen LogP contribution < -0.4 is 5.32 Å². The average Bonchev–Trinajstić information content (AvgIpc) is 2.43. The van der Waals surface area contributed by atoms with Crippen LogP contribution in [-0.2, 0) is 6.54 Å². The van der Waals surface area contributed by atoms with Crippen LogP contribution in [0.4, 0.5) is 0 Å². The van der Waals surface area contributed by atoms with Crippen molar-refractivity contribution in [2.75, 3.05) is 6.54 Å². The highest BCUT2D eigenvalue weighted by Crippen LogP contribution is 2.31. The minimum Gasteiger partial charge on any atom is -0.389 e. The number of rotatable bonds is 6. The Bertz CT molecular complexity index is 346. The molecule has 1 atom stereocenters. The molecule has 5 heteroatoms. The Labute approximate surface area is 121 Å². The first-order chi connectivity index (χ1) is 7.80. The van der Waals surface area contributed by atoms with Gasteiger partial charge in [0.25, 0.3) is 0 Å². The largest absolute Gasteiger partial charge is 0.389 e. The summed E-state index contributed by atoms with van der Waals surface area (Å²) in [5, 5.41) is 13.4. The third-order valence-electron chi connectivity index (χ3n) is 2.35. The summed E-state index contributed by atoms with van der Waals surface area (Å²) in [5.41, 5.74) is -0.646. The summed E-state index contributed by atoms with van der Waals surface area (Å²) in [4.78, 5) is 1.17. The molecule has 0 aliphatic rings. The van der Waals surface area contributed by atoms with Crippen molar-refractivity contribution in [2.24, 2.45) is 5.92 Å². The molecule has 2 nitrogen and oxygen atoms in total. The predicted octanol–water partition coefficient (Wildman–Crippen LogP) is 4.05. The average molecular weight is 341 g/mol. The number of aliphatic hydroxyl groups is 1. The Morgan fingerprint density at radius 3 is 2.71 bits per heavy atom. The van der Waals surface area contributed by atoms with E-state index in [1.54, 1.807) is 11.3 Å². The van der Waals surface area contributed by atoms with Crippen molar-refractivity contribution in [1.29, 1.82) is 0 Å². The van der Waals surface area contributed by atoms with E-state index in [0.29, 0.717) is 12.5 Å². The van der Waals surface area contributed by atoms with E-state index in [0.717, 1.165) is 21.8 Å². The van der Waals surface area contributed by atoms with Crippen LogP contribution in [-0.4, -0.2) is 17.3 Å².